The third-order valence-electron chi connectivity index (χ3n) is 5.21. The molecular weight excluding hydrogens is 392 g/mol. The molecule has 0 aliphatic heterocycles. The van der Waals surface area contributed by atoms with Crippen molar-refractivity contribution < 1.29 is 9.90 Å². The van der Waals surface area contributed by atoms with Crippen molar-refractivity contribution in [3.05, 3.63) is 78.4 Å². The van der Waals surface area contributed by atoms with Gasteiger partial charge in [0.15, 0.2) is 5.82 Å². The van der Waals surface area contributed by atoms with Crippen LogP contribution in [-0.4, -0.2) is 48.8 Å². The predicted octanol–water partition coefficient (Wildman–Crippen LogP) is 2.83. The summed E-state index contributed by atoms with van der Waals surface area (Å²) in [7, 11) is 0. The Balaban J connectivity index is 1.42. The third kappa shape index (κ3) is 3.76. The fourth-order valence-corrected chi connectivity index (χ4v) is 3.67. The van der Waals surface area contributed by atoms with Crippen LogP contribution < -0.4 is 5.32 Å². The van der Waals surface area contributed by atoms with Gasteiger partial charge in [-0.05, 0) is 36.2 Å². The molecule has 0 radical (unpaired) electrons. The Morgan fingerprint density at radius 2 is 1.87 bits per heavy atom. The number of rotatable bonds is 6. The molecule has 0 saturated heterocycles. The van der Waals surface area contributed by atoms with Crippen molar-refractivity contribution in [3.8, 4) is 11.3 Å². The highest BCUT2D eigenvalue weighted by Crippen LogP contribution is 2.28. The smallest absolute Gasteiger partial charge is 0.287 e. The number of carbonyl (C=O) groups is 1. The van der Waals surface area contributed by atoms with Gasteiger partial charge >= 0.3 is 0 Å². The summed E-state index contributed by atoms with van der Waals surface area (Å²) in [4.78, 5) is 24.3. The number of hydrogen-bond donors (Lipinski definition) is 4. The lowest BCUT2D eigenvalue weighted by atomic mass is 10.1. The number of amides is 1. The van der Waals surface area contributed by atoms with E-state index in [2.05, 4.69) is 30.5 Å². The zero-order chi connectivity index (χ0) is 21.2. The molecule has 3 heterocycles. The molecule has 1 unspecified atom stereocenters. The van der Waals surface area contributed by atoms with Gasteiger partial charge in [0.2, 0.25) is 0 Å². The number of nitrogens with zero attached hydrogens (tertiary/aromatic N) is 3. The van der Waals surface area contributed by atoms with Gasteiger partial charge in [0, 0.05) is 23.3 Å². The number of benzene rings is 2. The summed E-state index contributed by atoms with van der Waals surface area (Å²) in [6, 6.07) is 16.9. The van der Waals surface area contributed by atoms with Gasteiger partial charge in [-0.3, -0.25) is 14.9 Å². The summed E-state index contributed by atoms with van der Waals surface area (Å²) in [5.74, 6) is -0.157. The van der Waals surface area contributed by atoms with E-state index >= 15 is 0 Å². The number of aromatic amines is 2. The summed E-state index contributed by atoms with van der Waals surface area (Å²) in [6.45, 7) is -0.162. The van der Waals surface area contributed by atoms with Crippen molar-refractivity contribution in [1.82, 2.24) is 30.5 Å². The molecule has 2 aromatic carbocycles. The van der Waals surface area contributed by atoms with Crippen LogP contribution >= 0.6 is 0 Å². The van der Waals surface area contributed by atoms with Gasteiger partial charge in [-0.2, -0.15) is 5.10 Å². The minimum Gasteiger partial charge on any atom is -0.394 e. The second-order valence-corrected chi connectivity index (χ2v) is 7.35. The van der Waals surface area contributed by atoms with Crippen LogP contribution in [0.4, 0.5) is 0 Å². The van der Waals surface area contributed by atoms with E-state index in [9.17, 15) is 9.90 Å². The first-order valence-corrected chi connectivity index (χ1v) is 9.95. The van der Waals surface area contributed by atoms with Gasteiger partial charge in [0.05, 0.1) is 29.2 Å². The van der Waals surface area contributed by atoms with E-state index in [4.69, 9.17) is 0 Å². The van der Waals surface area contributed by atoms with Gasteiger partial charge < -0.3 is 15.4 Å². The van der Waals surface area contributed by atoms with Crippen LogP contribution in [0.15, 0.2) is 67.0 Å². The summed E-state index contributed by atoms with van der Waals surface area (Å²) in [5, 5.41) is 20.9. The van der Waals surface area contributed by atoms with Crippen LogP contribution in [0.1, 0.15) is 16.2 Å². The first-order valence-electron chi connectivity index (χ1n) is 9.95. The van der Waals surface area contributed by atoms with Crippen LogP contribution in [0.2, 0.25) is 0 Å². The van der Waals surface area contributed by atoms with E-state index in [1.165, 1.54) is 0 Å². The van der Waals surface area contributed by atoms with Crippen molar-refractivity contribution in [2.24, 2.45) is 0 Å². The number of imidazole rings is 1. The summed E-state index contributed by atoms with van der Waals surface area (Å²) >= 11 is 0. The van der Waals surface area contributed by atoms with Crippen LogP contribution in [0, 0.1) is 0 Å². The topological polar surface area (TPSA) is 120 Å². The van der Waals surface area contributed by atoms with Crippen LogP contribution in [-0.2, 0) is 6.42 Å². The first kappa shape index (κ1) is 19.0. The van der Waals surface area contributed by atoms with Crippen molar-refractivity contribution in [2.45, 2.75) is 12.5 Å². The van der Waals surface area contributed by atoms with Crippen LogP contribution in [0.3, 0.4) is 0 Å². The molecule has 0 spiro atoms. The maximum absolute atomic E-state index is 12.8. The van der Waals surface area contributed by atoms with Crippen molar-refractivity contribution >= 4 is 27.8 Å². The highest BCUT2D eigenvalue weighted by Gasteiger charge is 2.18. The Bertz CT molecular complexity index is 1340. The quantitative estimate of drug-likeness (QED) is 0.342. The van der Waals surface area contributed by atoms with E-state index in [1.54, 1.807) is 12.4 Å². The van der Waals surface area contributed by atoms with E-state index in [0.717, 1.165) is 33.2 Å². The number of nitrogens with one attached hydrogen (secondary N) is 3. The Morgan fingerprint density at radius 3 is 2.65 bits per heavy atom. The number of aromatic nitrogens is 5. The molecule has 0 aliphatic rings. The Labute approximate surface area is 177 Å². The molecule has 8 heteroatoms. The number of aliphatic hydroxyl groups excluding tert-OH is 1. The van der Waals surface area contributed by atoms with Gasteiger partial charge in [-0.15, -0.1) is 0 Å². The molecule has 5 aromatic rings. The standard InChI is InChI=1S/C23H20N6O2/c30-13-16(10-14-4-2-1-3-5-14)25-23(31)22-26-19-11-17-18(12-20(19)27-22)28-29-21(17)15-6-8-24-9-7-15/h1-9,11-12,16,30H,10,13H2,(H,25,31)(H,26,27)(H,28,29). The summed E-state index contributed by atoms with van der Waals surface area (Å²) in [6.07, 6.45) is 3.98. The van der Waals surface area contributed by atoms with Crippen molar-refractivity contribution in [2.75, 3.05) is 6.61 Å². The molecule has 8 nitrogen and oxygen atoms in total. The SMILES string of the molecule is O=C(NC(CO)Cc1ccccc1)c1nc2cc3c(-c4ccncc4)n[nH]c3cc2[nH]1. The van der Waals surface area contributed by atoms with E-state index in [-0.39, 0.29) is 18.3 Å². The lowest BCUT2D eigenvalue weighted by Crippen LogP contribution is -2.39. The number of aliphatic hydroxyl groups is 1. The Morgan fingerprint density at radius 1 is 1.06 bits per heavy atom. The molecule has 0 bridgehead atoms. The number of carbonyl (C=O) groups excluding carboxylic acids is 1. The number of fused-ring (bicyclic) bond motifs is 2. The number of pyridine rings is 1. The molecule has 4 N–H and O–H groups in total. The summed E-state index contributed by atoms with van der Waals surface area (Å²) in [5.41, 5.74) is 5.02. The molecule has 1 atom stereocenters. The monoisotopic (exact) mass is 412 g/mol. The van der Waals surface area contributed by atoms with Gasteiger partial charge in [-0.25, -0.2) is 4.98 Å². The highest BCUT2D eigenvalue weighted by molar-refractivity contribution is 6.02. The molecule has 154 valence electrons. The van der Waals surface area contributed by atoms with Gasteiger partial charge in [-0.1, -0.05) is 30.3 Å². The minimum atomic E-state index is -0.403. The third-order valence-corrected chi connectivity index (χ3v) is 5.21. The maximum atomic E-state index is 12.8. The molecule has 3 aromatic heterocycles. The average Bonchev–Trinajstić information content (AvgIpc) is 3.41. The van der Waals surface area contributed by atoms with Crippen LogP contribution in [0.5, 0.6) is 0 Å². The molecule has 0 saturated carbocycles. The fraction of sp³-hybridized carbons (Fsp3) is 0.130. The lowest BCUT2D eigenvalue weighted by Gasteiger charge is -2.15. The van der Waals surface area contributed by atoms with Crippen molar-refractivity contribution in [1.29, 1.82) is 0 Å². The molecule has 31 heavy (non-hydrogen) atoms. The van der Waals surface area contributed by atoms with Crippen LogP contribution in [0.25, 0.3) is 33.2 Å². The second kappa shape index (κ2) is 8.00. The fourth-order valence-electron chi connectivity index (χ4n) is 3.67. The van der Waals surface area contributed by atoms with Gasteiger partial charge in [0.25, 0.3) is 5.91 Å². The molecule has 5 rings (SSSR count). The first-order chi connectivity index (χ1) is 15.2. The van der Waals surface area contributed by atoms with E-state index in [1.807, 2.05) is 54.6 Å². The Hall–Kier alpha value is -4.04. The van der Waals surface area contributed by atoms with Crippen molar-refractivity contribution in [3.63, 3.8) is 0 Å². The number of H-pyrrole nitrogens is 2. The minimum absolute atomic E-state index is 0.162. The average molecular weight is 412 g/mol. The molecule has 0 aliphatic carbocycles. The largest absolute Gasteiger partial charge is 0.394 e. The maximum Gasteiger partial charge on any atom is 0.287 e. The normalized spacial score (nSPS) is 12.3. The zero-order valence-electron chi connectivity index (χ0n) is 16.5. The summed E-state index contributed by atoms with van der Waals surface area (Å²) < 4.78 is 0. The van der Waals surface area contributed by atoms with E-state index in [0.29, 0.717) is 11.9 Å². The molecular formula is C23H20N6O2. The molecule has 1 amide bonds. The predicted molar refractivity (Wildman–Crippen MR) is 117 cm³/mol. The van der Waals surface area contributed by atoms with E-state index < -0.39 is 6.04 Å². The Kier molecular flexibility index (Phi) is 4.89. The lowest BCUT2D eigenvalue weighted by molar-refractivity contribution is 0.0907. The zero-order valence-corrected chi connectivity index (χ0v) is 16.5. The highest BCUT2D eigenvalue weighted by atomic mass is 16.3. The number of hydrogen-bond acceptors (Lipinski definition) is 5. The van der Waals surface area contributed by atoms with Gasteiger partial charge in [0.1, 0.15) is 5.69 Å². The second-order valence-electron chi connectivity index (χ2n) is 7.35. The molecule has 0 fully saturated rings.